The van der Waals surface area contributed by atoms with Crippen LogP contribution in [0.3, 0.4) is 0 Å². The Morgan fingerprint density at radius 3 is 2.58 bits per heavy atom. The van der Waals surface area contributed by atoms with Crippen LogP contribution in [0.4, 0.5) is 11.5 Å². The second kappa shape index (κ2) is 7.95. The largest absolute Gasteiger partial charge is 0.465 e. The summed E-state index contributed by atoms with van der Waals surface area (Å²) in [5, 5.41) is 11.2. The summed E-state index contributed by atoms with van der Waals surface area (Å²) in [5.74, 6) is 0.675. The fourth-order valence-electron chi connectivity index (χ4n) is 2.88. The lowest BCUT2D eigenvalue weighted by Gasteiger charge is -2.29. The van der Waals surface area contributed by atoms with Gasteiger partial charge in [-0.05, 0) is 49.1 Å². The lowest BCUT2D eigenvalue weighted by molar-refractivity contribution is 0.0600. The van der Waals surface area contributed by atoms with Crippen molar-refractivity contribution in [3.8, 4) is 0 Å². The highest BCUT2D eigenvalue weighted by Gasteiger charge is 2.22. The first-order valence-electron chi connectivity index (χ1n) is 8.65. The Morgan fingerprint density at radius 1 is 1.15 bits per heavy atom. The monoisotopic (exact) mass is 354 g/mol. The summed E-state index contributed by atoms with van der Waals surface area (Å²) in [4.78, 5) is 25.9. The number of hydrogen-bond acceptors (Lipinski definition) is 6. The molecule has 3 rings (SSSR count). The van der Waals surface area contributed by atoms with Gasteiger partial charge in [0.15, 0.2) is 11.5 Å². The zero-order valence-corrected chi connectivity index (χ0v) is 14.9. The van der Waals surface area contributed by atoms with E-state index in [-0.39, 0.29) is 5.91 Å². The summed E-state index contributed by atoms with van der Waals surface area (Å²) in [5.41, 5.74) is 1.47. The molecule has 0 bridgehead atoms. The Morgan fingerprint density at radius 2 is 1.92 bits per heavy atom. The maximum Gasteiger partial charge on any atom is 0.337 e. The number of rotatable bonds is 4. The maximum atomic E-state index is 12.5. The lowest BCUT2D eigenvalue weighted by atomic mass is 9.99. The molecule has 0 radical (unpaired) electrons. The molecule has 136 valence electrons. The molecule has 1 fully saturated rings. The predicted molar refractivity (Wildman–Crippen MR) is 97.4 cm³/mol. The number of carbonyl (C=O) groups excluding carboxylic acids is 2. The van der Waals surface area contributed by atoms with E-state index < -0.39 is 5.97 Å². The van der Waals surface area contributed by atoms with Crippen LogP contribution in [0.2, 0.25) is 0 Å². The third kappa shape index (κ3) is 4.17. The van der Waals surface area contributed by atoms with E-state index in [1.165, 1.54) is 7.11 Å². The van der Waals surface area contributed by atoms with Crippen molar-refractivity contribution in [3.63, 3.8) is 0 Å². The number of carbonyl (C=O) groups is 2. The molecule has 1 aliphatic heterocycles. The van der Waals surface area contributed by atoms with Gasteiger partial charge in [-0.25, -0.2) is 4.79 Å². The summed E-state index contributed by atoms with van der Waals surface area (Å²) in [7, 11) is 1.34. The van der Waals surface area contributed by atoms with Gasteiger partial charge in [0, 0.05) is 18.8 Å². The van der Waals surface area contributed by atoms with Crippen LogP contribution in [0.5, 0.6) is 0 Å². The normalized spacial score (nSPS) is 14.8. The minimum Gasteiger partial charge on any atom is -0.465 e. The highest BCUT2D eigenvalue weighted by molar-refractivity contribution is 5.92. The Balaban J connectivity index is 1.66. The molecule has 0 aliphatic carbocycles. The number of amides is 1. The second-order valence-electron chi connectivity index (χ2n) is 6.48. The highest BCUT2D eigenvalue weighted by atomic mass is 16.5. The van der Waals surface area contributed by atoms with Gasteiger partial charge in [0.25, 0.3) is 5.91 Å². The van der Waals surface area contributed by atoms with Gasteiger partial charge in [-0.15, -0.1) is 10.2 Å². The minimum absolute atomic E-state index is 0.0800. The van der Waals surface area contributed by atoms with E-state index in [0.29, 0.717) is 28.7 Å². The van der Waals surface area contributed by atoms with Gasteiger partial charge in [0.2, 0.25) is 0 Å². The number of hydrogen-bond donors (Lipinski definition) is 1. The minimum atomic E-state index is -0.406. The number of aromatic nitrogens is 2. The van der Waals surface area contributed by atoms with E-state index in [9.17, 15) is 9.59 Å². The number of nitrogens with zero attached hydrogens (tertiary/aromatic N) is 3. The zero-order valence-electron chi connectivity index (χ0n) is 14.9. The maximum absolute atomic E-state index is 12.5. The Bertz CT molecular complexity index is 784. The molecule has 2 aromatic rings. The third-order valence-corrected chi connectivity index (χ3v) is 4.51. The predicted octanol–water partition coefficient (Wildman–Crippen LogP) is 2.88. The first kappa shape index (κ1) is 17.8. The van der Waals surface area contributed by atoms with E-state index in [2.05, 4.69) is 22.4 Å². The van der Waals surface area contributed by atoms with Crippen molar-refractivity contribution in [2.24, 2.45) is 5.92 Å². The Labute approximate surface area is 152 Å². The van der Waals surface area contributed by atoms with Gasteiger partial charge in [-0.3, -0.25) is 4.79 Å². The van der Waals surface area contributed by atoms with E-state index in [4.69, 9.17) is 4.74 Å². The summed E-state index contributed by atoms with van der Waals surface area (Å²) < 4.78 is 4.71. The van der Waals surface area contributed by atoms with Gasteiger partial charge < -0.3 is 15.0 Å². The van der Waals surface area contributed by atoms with Gasteiger partial charge in [0.05, 0.1) is 12.7 Å². The molecule has 1 saturated heterocycles. The zero-order chi connectivity index (χ0) is 18.5. The van der Waals surface area contributed by atoms with Crippen LogP contribution in [0.25, 0.3) is 0 Å². The number of likely N-dealkylation sites (tertiary alicyclic amines) is 1. The van der Waals surface area contributed by atoms with Gasteiger partial charge >= 0.3 is 5.97 Å². The van der Waals surface area contributed by atoms with Crippen LogP contribution in [-0.4, -0.2) is 47.2 Å². The summed E-state index contributed by atoms with van der Waals surface area (Å²) in [6.45, 7) is 3.74. The topological polar surface area (TPSA) is 84.4 Å². The lowest BCUT2D eigenvalue weighted by Crippen LogP contribution is -2.38. The summed E-state index contributed by atoms with van der Waals surface area (Å²) in [6, 6.07) is 10.3. The fraction of sp³-hybridized carbons (Fsp3) is 0.368. The number of esters is 1. The average Bonchev–Trinajstić information content (AvgIpc) is 2.68. The first-order chi connectivity index (χ1) is 12.6. The number of piperidine rings is 1. The molecule has 1 aliphatic rings. The SMILES string of the molecule is COC(=O)c1cccc(Nc2ccc(C(=O)N3CCC(C)CC3)nn2)c1. The van der Waals surface area contributed by atoms with Crippen LogP contribution in [0.15, 0.2) is 36.4 Å². The van der Waals surface area contributed by atoms with Crippen LogP contribution in [0.1, 0.15) is 40.6 Å². The number of ether oxygens (including phenoxy) is 1. The van der Waals surface area contributed by atoms with E-state index in [1.807, 2.05) is 11.0 Å². The molecule has 1 N–H and O–H groups in total. The number of anilines is 2. The smallest absolute Gasteiger partial charge is 0.337 e. The Hall–Kier alpha value is -2.96. The van der Waals surface area contributed by atoms with Crippen molar-refractivity contribution in [1.29, 1.82) is 0 Å². The van der Waals surface area contributed by atoms with Gasteiger partial charge in [0.1, 0.15) is 0 Å². The number of methoxy groups -OCH3 is 1. The van der Waals surface area contributed by atoms with E-state index in [0.717, 1.165) is 25.9 Å². The van der Waals surface area contributed by atoms with Crippen molar-refractivity contribution in [3.05, 3.63) is 47.7 Å². The van der Waals surface area contributed by atoms with Crippen molar-refractivity contribution in [2.75, 3.05) is 25.5 Å². The van der Waals surface area contributed by atoms with E-state index in [1.54, 1.807) is 30.3 Å². The summed E-state index contributed by atoms with van der Waals surface area (Å²) >= 11 is 0. The molecular formula is C19H22N4O3. The molecule has 0 spiro atoms. The standard InChI is InChI=1S/C19H22N4O3/c1-13-8-10-23(11-9-13)18(24)16-6-7-17(22-21-16)20-15-5-3-4-14(12-15)19(25)26-2/h3-7,12-13H,8-11H2,1-2H3,(H,20,22). The molecule has 7 nitrogen and oxygen atoms in total. The molecule has 7 heteroatoms. The van der Waals surface area contributed by atoms with Gasteiger partial charge in [-0.1, -0.05) is 13.0 Å². The summed E-state index contributed by atoms with van der Waals surface area (Å²) in [6.07, 6.45) is 2.05. The van der Waals surface area contributed by atoms with Crippen molar-refractivity contribution in [1.82, 2.24) is 15.1 Å². The molecule has 1 aromatic carbocycles. The number of benzene rings is 1. The molecule has 0 atom stereocenters. The van der Waals surface area contributed by atoms with Crippen molar-refractivity contribution < 1.29 is 14.3 Å². The van der Waals surface area contributed by atoms with Crippen LogP contribution < -0.4 is 5.32 Å². The Kier molecular flexibility index (Phi) is 5.46. The van der Waals surface area contributed by atoms with Crippen LogP contribution in [-0.2, 0) is 4.74 Å². The van der Waals surface area contributed by atoms with Gasteiger partial charge in [-0.2, -0.15) is 0 Å². The average molecular weight is 354 g/mol. The molecule has 26 heavy (non-hydrogen) atoms. The van der Waals surface area contributed by atoms with Crippen LogP contribution >= 0.6 is 0 Å². The highest BCUT2D eigenvalue weighted by Crippen LogP contribution is 2.19. The molecule has 0 unspecified atom stereocenters. The molecule has 1 amide bonds. The third-order valence-electron chi connectivity index (χ3n) is 4.51. The molecule has 1 aromatic heterocycles. The quantitative estimate of drug-likeness (QED) is 0.850. The fourth-order valence-corrected chi connectivity index (χ4v) is 2.88. The number of nitrogens with one attached hydrogen (secondary N) is 1. The molecular weight excluding hydrogens is 332 g/mol. The molecule has 2 heterocycles. The first-order valence-corrected chi connectivity index (χ1v) is 8.65. The van der Waals surface area contributed by atoms with Crippen molar-refractivity contribution in [2.45, 2.75) is 19.8 Å². The van der Waals surface area contributed by atoms with Crippen molar-refractivity contribution >= 4 is 23.4 Å². The van der Waals surface area contributed by atoms with Crippen LogP contribution in [0, 0.1) is 5.92 Å². The molecule has 0 saturated carbocycles. The second-order valence-corrected chi connectivity index (χ2v) is 6.48. The van der Waals surface area contributed by atoms with E-state index >= 15 is 0 Å².